The number of fused-ring (bicyclic) bond motifs is 1. The van der Waals surface area contributed by atoms with Crippen molar-refractivity contribution in [3.05, 3.63) is 64.4 Å². The number of rotatable bonds is 10. The lowest BCUT2D eigenvalue weighted by molar-refractivity contribution is -0.118. The van der Waals surface area contributed by atoms with Gasteiger partial charge in [-0.05, 0) is 42.7 Å². The average molecular weight is 412 g/mol. The number of carbonyl (C=O) groups excluding carboxylic acids is 1. The van der Waals surface area contributed by atoms with Gasteiger partial charge in [0, 0.05) is 18.7 Å². The second-order valence-corrected chi connectivity index (χ2v) is 7.73. The van der Waals surface area contributed by atoms with Gasteiger partial charge in [0.25, 0.3) is 5.56 Å². The number of benzene rings is 2. The third-order valence-electron chi connectivity index (χ3n) is 4.63. The molecule has 0 saturated carbocycles. The number of hydrogen-bond acceptors (Lipinski definition) is 5. The van der Waals surface area contributed by atoms with Crippen molar-refractivity contribution in [3.63, 3.8) is 0 Å². The van der Waals surface area contributed by atoms with Crippen LogP contribution in [0.1, 0.15) is 31.2 Å². The van der Waals surface area contributed by atoms with Gasteiger partial charge in [-0.2, -0.15) is 0 Å². The molecule has 0 fully saturated rings. The Morgan fingerprint density at radius 1 is 1.14 bits per heavy atom. The van der Waals surface area contributed by atoms with Crippen LogP contribution in [-0.2, 0) is 17.1 Å². The van der Waals surface area contributed by atoms with Crippen LogP contribution < -0.4 is 16.0 Å². The van der Waals surface area contributed by atoms with E-state index in [9.17, 15) is 9.59 Å². The molecule has 1 amide bonds. The minimum Gasteiger partial charge on any atom is -0.497 e. The molecule has 0 unspecified atom stereocenters. The maximum atomic E-state index is 13.0. The number of methoxy groups -OCH3 is 1. The summed E-state index contributed by atoms with van der Waals surface area (Å²) >= 11 is 1.54. The Balaban J connectivity index is 1.81. The maximum Gasteiger partial charge on any atom is 0.262 e. The van der Waals surface area contributed by atoms with Crippen molar-refractivity contribution >= 4 is 28.6 Å². The second-order valence-electron chi connectivity index (χ2n) is 6.79. The highest BCUT2D eigenvalue weighted by Crippen LogP contribution is 2.24. The van der Waals surface area contributed by atoms with Gasteiger partial charge in [-0.1, -0.05) is 42.4 Å². The van der Waals surface area contributed by atoms with Gasteiger partial charge in [0.05, 0.1) is 18.0 Å². The Kier molecular flexibility index (Phi) is 7.30. The minimum atomic E-state index is -0.288. The molecule has 0 radical (unpaired) electrons. The van der Waals surface area contributed by atoms with Crippen LogP contribution in [0.25, 0.3) is 10.9 Å². The lowest BCUT2D eigenvalue weighted by Gasteiger charge is -2.13. The number of amides is 1. The molecule has 0 aliphatic rings. The molecule has 0 bridgehead atoms. The first kappa shape index (κ1) is 20.9. The summed E-state index contributed by atoms with van der Waals surface area (Å²) < 4.78 is 7.03. The smallest absolute Gasteiger partial charge is 0.262 e. The highest BCUT2D eigenvalue weighted by atomic mass is 32.2. The largest absolute Gasteiger partial charge is 0.497 e. The Labute approximate surface area is 174 Å². The summed E-state index contributed by atoms with van der Waals surface area (Å²) in [5.41, 5.74) is 6.97. The van der Waals surface area contributed by atoms with E-state index in [1.165, 1.54) is 11.8 Å². The van der Waals surface area contributed by atoms with Gasteiger partial charge in [-0.3, -0.25) is 14.2 Å². The zero-order valence-corrected chi connectivity index (χ0v) is 17.3. The molecule has 1 aromatic heterocycles. The fourth-order valence-corrected chi connectivity index (χ4v) is 4.08. The van der Waals surface area contributed by atoms with E-state index in [1.807, 2.05) is 48.5 Å². The SMILES string of the molecule is COc1cccc(CSc2nc3ccccc3c(=O)n2CCCCCC(N)=O)c1. The monoisotopic (exact) mass is 411 g/mol. The summed E-state index contributed by atoms with van der Waals surface area (Å²) in [6.07, 6.45) is 2.74. The number of aromatic nitrogens is 2. The number of para-hydroxylation sites is 1. The molecular weight excluding hydrogens is 386 g/mol. The molecule has 2 N–H and O–H groups in total. The standard InChI is InChI=1S/C22H25N3O3S/c1-28-17-9-7-8-16(14-17)15-29-22-24-19-11-5-4-10-18(19)21(27)25(22)13-6-2-3-12-20(23)26/h4-5,7-11,14H,2-3,6,12-13,15H2,1H3,(H2,23,26). The molecule has 6 nitrogen and oxygen atoms in total. The summed E-state index contributed by atoms with van der Waals surface area (Å²) in [6, 6.07) is 15.3. The number of primary amides is 1. The highest BCUT2D eigenvalue weighted by Gasteiger charge is 2.12. The third-order valence-corrected chi connectivity index (χ3v) is 5.68. The molecule has 0 aliphatic heterocycles. The number of ether oxygens (including phenoxy) is 1. The van der Waals surface area contributed by atoms with E-state index < -0.39 is 0 Å². The van der Waals surface area contributed by atoms with E-state index in [2.05, 4.69) is 0 Å². The van der Waals surface area contributed by atoms with E-state index in [0.717, 1.165) is 30.6 Å². The molecule has 0 saturated heterocycles. The van der Waals surface area contributed by atoms with Gasteiger partial charge in [0.2, 0.25) is 5.91 Å². The highest BCUT2D eigenvalue weighted by molar-refractivity contribution is 7.98. The van der Waals surface area contributed by atoms with Crippen LogP contribution in [0.3, 0.4) is 0 Å². The fraction of sp³-hybridized carbons (Fsp3) is 0.318. The predicted octanol–water partition coefficient (Wildman–Crippen LogP) is 3.74. The predicted molar refractivity (Wildman–Crippen MR) is 116 cm³/mol. The minimum absolute atomic E-state index is 0.0290. The molecule has 0 aliphatic carbocycles. The Bertz CT molecular complexity index is 1050. The molecule has 29 heavy (non-hydrogen) atoms. The van der Waals surface area contributed by atoms with Gasteiger partial charge in [0.1, 0.15) is 5.75 Å². The Morgan fingerprint density at radius 3 is 2.76 bits per heavy atom. The molecule has 0 atom stereocenters. The average Bonchev–Trinajstić information content (AvgIpc) is 2.73. The van der Waals surface area contributed by atoms with Crippen LogP contribution in [0, 0.1) is 0 Å². The first-order valence-corrected chi connectivity index (χ1v) is 10.6. The lowest BCUT2D eigenvalue weighted by Crippen LogP contribution is -2.23. The summed E-state index contributed by atoms with van der Waals surface area (Å²) in [6.45, 7) is 0.565. The van der Waals surface area contributed by atoms with Gasteiger partial charge < -0.3 is 10.5 Å². The Morgan fingerprint density at radius 2 is 1.97 bits per heavy atom. The fourth-order valence-electron chi connectivity index (χ4n) is 3.11. The summed E-state index contributed by atoms with van der Waals surface area (Å²) in [5.74, 6) is 1.20. The number of thioether (sulfide) groups is 1. The van der Waals surface area contributed by atoms with E-state index in [1.54, 1.807) is 11.7 Å². The van der Waals surface area contributed by atoms with Crippen LogP contribution in [-0.4, -0.2) is 22.6 Å². The summed E-state index contributed by atoms with van der Waals surface area (Å²) in [7, 11) is 1.65. The molecule has 2 aromatic carbocycles. The number of nitrogens with two attached hydrogens (primary N) is 1. The van der Waals surface area contributed by atoms with Crippen LogP contribution >= 0.6 is 11.8 Å². The van der Waals surface area contributed by atoms with Crippen molar-refractivity contribution in [1.82, 2.24) is 9.55 Å². The van der Waals surface area contributed by atoms with Crippen molar-refractivity contribution in [2.24, 2.45) is 5.73 Å². The zero-order valence-electron chi connectivity index (χ0n) is 16.5. The molecular formula is C22H25N3O3S. The number of nitrogens with zero attached hydrogens (tertiary/aromatic N) is 2. The van der Waals surface area contributed by atoms with Crippen molar-refractivity contribution in [1.29, 1.82) is 0 Å². The van der Waals surface area contributed by atoms with Gasteiger partial charge >= 0.3 is 0 Å². The quantitative estimate of drug-likeness (QED) is 0.312. The molecule has 1 heterocycles. The molecule has 3 rings (SSSR count). The molecule has 152 valence electrons. The second kappa shape index (κ2) is 10.1. The normalized spacial score (nSPS) is 10.9. The van der Waals surface area contributed by atoms with Crippen LogP contribution in [0.4, 0.5) is 0 Å². The Hall–Kier alpha value is -2.80. The number of hydrogen-bond donors (Lipinski definition) is 1. The summed E-state index contributed by atoms with van der Waals surface area (Å²) in [4.78, 5) is 28.7. The third kappa shape index (κ3) is 5.60. The number of unbranched alkanes of at least 4 members (excludes halogenated alkanes) is 2. The van der Waals surface area contributed by atoms with Crippen molar-refractivity contribution in [2.45, 2.75) is 43.1 Å². The van der Waals surface area contributed by atoms with Crippen molar-refractivity contribution in [2.75, 3.05) is 7.11 Å². The van der Waals surface area contributed by atoms with Crippen LogP contribution in [0.15, 0.2) is 58.5 Å². The molecule has 0 spiro atoms. The van der Waals surface area contributed by atoms with Gasteiger partial charge in [-0.25, -0.2) is 4.98 Å². The van der Waals surface area contributed by atoms with Crippen molar-refractivity contribution in [3.8, 4) is 5.75 Å². The van der Waals surface area contributed by atoms with Crippen LogP contribution in [0.2, 0.25) is 0 Å². The van der Waals surface area contributed by atoms with E-state index in [0.29, 0.717) is 34.8 Å². The zero-order chi connectivity index (χ0) is 20.6. The maximum absolute atomic E-state index is 13.0. The molecule has 7 heteroatoms. The van der Waals surface area contributed by atoms with Crippen molar-refractivity contribution < 1.29 is 9.53 Å². The van der Waals surface area contributed by atoms with Gasteiger partial charge in [-0.15, -0.1) is 0 Å². The number of carbonyl (C=O) groups is 1. The van der Waals surface area contributed by atoms with Crippen LogP contribution in [0.5, 0.6) is 5.75 Å². The van der Waals surface area contributed by atoms with E-state index >= 15 is 0 Å². The lowest BCUT2D eigenvalue weighted by atomic mass is 10.2. The van der Waals surface area contributed by atoms with E-state index in [-0.39, 0.29) is 11.5 Å². The summed E-state index contributed by atoms with van der Waals surface area (Å²) in [5, 5.41) is 1.32. The first-order chi connectivity index (χ1) is 14.1. The first-order valence-electron chi connectivity index (χ1n) is 9.62. The van der Waals surface area contributed by atoms with E-state index in [4.69, 9.17) is 15.5 Å². The van der Waals surface area contributed by atoms with Gasteiger partial charge in [0.15, 0.2) is 5.16 Å². The molecule has 3 aromatic rings. The topological polar surface area (TPSA) is 87.2 Å².